The van der Waals surface area contributed by atoms with Crippen molar-refractivity contribution in [2.45, 2.75) is 32.6 Å². The van der Waals surface area contributed by atoms with E-state index >= 15 is 0 Å². The van der Waals surface area contributed by atoms with Gasteiger partial charge in [-0.3, -0.25) is 9.59 Å². The molecule has 1 aliphatic carbocycles. The summed E-state index contributed by atoms with van der Waals surface area (Å²) in [6.07, 6.45) is 2.62. The fraction of sp³-hybridized carbons (Fsp3) is 0.381. The van der Waals surface area contributed by atoms with Gasteiger partial charge in [0.25, 0.3) is 0 Å². The van der Waals surface area contributed by atoms with Gasteiger partial charge in [0.15, 0.2) is 0 Å². The van der Waals surface area contributed by atoms with Crippen LogP contribution in [0, 0.1) is 11.8 Å². The molecule has 2 aromatic rings. The highest BCUT2D eigenvalue weighted by Crippen LogP contribution is 2.38. The normalized spacial score (nSPS) is 18.8. The van der Waals surface area contributed by atoms with E-state index in [1.165, 1.54) is 11.3 Å². The molecule has 0 saturated heterocycles. The first kappa shape index (κ1) is 21.3. The summed E-state index contributed by atoms with van der Waals surface area (Å²) in [6, 6.07) is 7.03. The van der Waals surface area contributed by atoms with Crippen molar-refractivity contribution in [3.05, 3.63) is 40.2 Å². The first-order chi connectivity index (χ1) is 13.9. The number of carboxylic acids is 1. The Hall–Kier alpha value is -2.38. The van der Waals surface area contributed by atoms with Crippen molar-refractivity contribution in [2.75, 3.05) is 11.9 Å². The molecule has 3 rings (SSSR count). The number of aliphatic carboxylic acids is 1. The highest BCUT2D eigenvalue weighted by atomic mass is 35.5. The minimum atomic E-state index is -0.955. The summed E-state index contributed by atoms with van der Waals surface area (Å²) in [5.74, 6) is -3.18. The SMILES string of the molecule is CCOC(=O)c1c(-c2ccc(Cl)cc2)csc1NC(=O)[C@H]1CCCC[C@H]1C(=O)O. The number of amides is 1. The molecule has 0 unspecified atom stereocenters. The van der Waals surface area contributed by atoms with Gasteiger partial charge in [-0.15, -0.1) is 11.3 Å². The van der Waals surface area contributed by atoms with E-state index in [4.69, 9.17) is 16.3 Å². The molecule has 1 fully saturated rings. The van der Waals surface area contributed by atoms with Gasteiger partial charge in [-0.25, -0.2) is 4.79 Å². The molecule has 1 heterocycles. The van der Waals surface area contributed by atoms with Crippen LogP contribution in [0.4, 0.5) is 5.00 Å². The van der Waals surface area contributed by atoms with Gasteiger partial charge in [0, 0.05) is 16.0 Å². The van der Waals surface area contributed by atoms with Crippen LogP contribution in [-0.4, -0.2) is 29.6 Å². The van der Waals surface area contributed by atoms with Crippen LogP contribution in [0.15, 0.2) is 29.6 Å². The fourth-order valence-electron chi connectivity index (χ4n) is 3.64. The Morgan fingerprint density at radius 2 is 1.83 bits per heavy atom. The van der Waals surface area contributed by atoms with Crippen molar-refractivity contribution in [2.24, 2.45) is 11.8 Å². The van der Waals surface area contributed by atoms with Gasteiger partial charge in [-0.2, -0.15) is 0 Å². The van der Waals surface area contributed by atoms with Crippen molar-refractivity contribution in [3.63, 3.8) is 0 Å². The third-order valence-corrected chi connectivity index (χ3v) is 6.23. The highest BCUT2D eigenvalue weighted by molar-refractivity contribution is 7.15. The topological polar surface area (TPSA) is 92.7 Å². The summed E-state index contributed by atoms with van der Waals surface area (Å²) < 4.78 is 5.20. The van der Waals surface area contributed by atoms with Gasteiger partial charge in [0.05, 0.1) is 18.4 Å². The molecule has 6 nitrogen and oxygen atoms in total. The lowest BCUT2D eigenvalue weighted by molar-refractivity contribution is -0.147. The maximum Gasteiger partial charge on any atom is 0.341 e. The lowest BCUT2D eigenvalue weighted by atomic mass is 9.79. The standard InChI is InChI=1S/C21H22ClNO5S/c1-2-28-21(27)17-16(12-7-9-13(22)10-8-12)11-29-19(17)23-18(24)14-5-3-4-6-15(14)20(25)26/h7-11,14-15H,2-6H2,1H3,(H,23,24)(H,25,26)/t14-,15+/m0/s1. The number of thiophene rings is 1. The molecular weight excluding hydrogens is 414 g/mol. The molecule has 1 aromatic carbocycles. The van der Waals surface area contributed by atoms with E-state index in [0.717, 1.165) is 18.4 Å². The molecule has 29 heavy (non-hydrogen) atoms. The van der Waals surface area contributed by atoms with Crippen LogP contribution in [0.3, 0.4) is 0 Å². The second kappa shape index (κ2) is 9.41. The van der Waals surface area contributed by atoms with Crippen LogP contribution in [0.1, 0.15) is 43.0 Å². The third kappa shape index (κ3) is 4.79. The maximum atomic E-state index is 12.9. The Morgan fingerprint density at radius 1 is 1.17 bits per heavy atom. The number of hydrogen-bond donors (Lipinski definition) is 2. The number of nitrogens with one attached hydrogen (secondary N) is 1. The number of carboxylic acid groups (broad SMARTS) is 1. The summed E-state index contributed by atoms with van der Waals surface area (Å²) in [7, 11) is 0. The van der Waals surface area contributed by atoms with Gasteiger partial charge in [-0.05, 0) is 37.5 Å². The number of halogens is 1. The minimum Gasteiger partial charge on any atom is -0.481 e. The van der Waals surface area contributed by atoms with Crippen LogP contribution in [-0.2, 0) is 14.3 Å². The van der Waals surface area contributed by atoms with Crippen molar-refractivity contribution in [1.29, 1.82) is 0 Å². The second-order valence-electron chi connectivity index (χ2n) is 6.91. The summed E-state index contributed by atoms with van der Waals surface area (Å²) in [5.41, 5.74) is 1.68. The van der Waals surface area contributed by atoms with E-state index in [0.29, 0.717) is 28.4 Å². The van der Waals surface area contributed by atoms with Crippen LogP contribution in [0.25, 0.3) is 11.1 Å². The number of ether oxygens (including phenoxy) is 1. The van der Waals surface area contributed by atoms with Gasteiger partial charge < -0.3 is 15.2 Å². The first-order valence-electron chi connectivity index (χ1n) is 9.50. The molecule has 8 heteroatoms. The zero-order valence-electron chi connectivity index (χ0n) is 15.9. The quantitative estimate of drug-likeness (QED) is 0.617. The van der Waals surface area contributed by atoms with Gasteiger partial charge >= 0.3 is 11.9 Å². The third-order valence-electron chi connectivity index (χ3n) is 5.08. The lowest BCUT2D eigenvalue weighted by Gasteiger charge is -2.27. The monoisotopic (exact) mass is 435 g/mol. The molecule has 2 N–H and O–H groups in total. The van der Waals surface area contributed by atoms with Gasteiger partial charge in [0.1, 0.15) is 10.6 Å². The molecule has 0 bridgehead atoms. The maximum absolute atomic E-state index is 12.9. The van der Waals surface area contributed by atoms with E-state index in [1.807, 2.05) is 0 Å². The molecule has 1 amide bonds. The van der Waals surface area contributed by atoms with E-state index in [1.54, 1.807) is 36.6 Å². The predicted molar refractivity (Wildman–Crippen MR) is 112 cm³/mol. The molecule has 0 aliphatic heterocycles. The summed E-state index contributed by atoms with van der Waals surface area (Å²) >= 11 is 7.17. The average molecular weight is 436 g/mol. The lowest BCUT2D eigenvalue weighted by Crippen LogP contribution is -2.36. The molecule has 0 radical (unpaired) electrons. The number of hydrogen-bond acceptors (Lipinski definition) is 5. The highest BCUT2D eigenvalue weighted by Gasteiger charge is 2.36. The second-order valence-corrected chi connectivity index (χ2v) is 8.22. The Bertz CT molecular complexity index is 908. The average Bonchev–Trinajstić information content (AvgIpc) is 3.12. The van der Waals surface area contributed by atoms with E-state index in [9.17, 15) is 19.5 Å². The molecule has 2 atom stereocenters. The number of rotatable bonds is 6. The van der Waals surface area contributed by atoms with E-state index in [2.05, 4.69) is 5.32 Å². The largest absolute Gasteiger partial charge is 0.481 e. The summed E-state index contributed by atoms with van der Waals surface area (Å²) in [4.78, 5) is 37.0. The van der Waals surface area contributed by atoms with E-state index in [-0.39, 0.29) is 18.1 Å². The first-order valence-corrected chi connectivity index (χ1v) is 10.8. The smallest absolute Gasteiger partial charge is 0.341 e. The summed E-state index contributed by atoms with van der Waals surface area (Å²) in [6.45, 7) is 1.91. The van der Waals surface area contributed by atoms with Crippen molar-refractivity contribution < 1.29 is 24.2 Å². The molecule has 1 aliphatic rings. The van der Waals surface area contributed by atoms with Crippen LogP contribution in [0.5, 0.6) is 0 Å². The number of carbonyl (C=O) groups excluding carboxylic acids is 2. The number of esters is 1. The molecule has 0 spiro atoms. The van der Waals surface area contributed by atoms with Crippen LogP contribution in [0.2, 0.25) is 5.02 Å². The number of anilines is 1. The summed E-state index contributed by atoms with van der Waals surface area (Å²) in [5, 5.41) is 15.0. The Labute approximate surface area is 177 Å². The van der Waals surface area contributed by atoms with Crippen LogP contribution >= 0.6 is 22.9 Å². The van der Waals surface area contributed by atoms with Crippen LogP contribution < -0.4 is 5.32 Å². The van der Waals surface area contributed by atoms with Gasteiger partial charge in [-0.1, -0.05) is 36.6 Å². The van der Waals surface area contributed by atoms with Gasteiger partial charge in [0.2, 0.25) is 5.91 Å². The fourth-order valence-corrected chi connectivity index (χ4v) is 4.73. The minimum absolute atomic E-state index is 0.200. The van der Waals surface area contributed by atoms with Crippen molar-refractivity contribution in [3.8, 4) is 11.1 Å². The van der Waals surface area contributed by atoms with E-state index < -0.39 is 23.8 Å². The molecule has 1 saturated carbocycles. The Kier molecular flexibility index (Phi) is 6.92. The Balaban J connectivity index is 1.92. The molecule has 154 valence electrons. The molecule has 1 aromatic heterocycles. The molecular formula is C21H22ClNO5S. The number of benzene rings is 1. The number of carbonyl (C=O) groups is 3. The zero-order valence-corrected chi connectivity index (χ0v) is 17.5. The Morgan fingerprint density at radius 3 is 2.45 bits per heavy atom. The predicted octanol–water partition coefficient (Wildman–Crippen LogP) is 5.07. The van der Waals surface area contributed by atoms with Crippen molar-refractivity contribution in [1.82, 2.24) is 0 Å². The zero-order chi connectivity index (χ0) is 21.0. The van der Waals surface area contributed by atoms with Crippen molar-refractivity contribution >= 4 is 45.8 Å².